The lowest BCUT2D eigenvalue weighted by Gasteiger charge is -2.48. The molecule has 1 aliphatic carbocycles. The summed E-state index contributed by atoms with van der Waals surface area (Å²) < 4.78 is 0. The fourth-order valence-electron chi connectivity index (χ4n) is 4.06. The van der Waals surface area contributed by atoms with Crippen molar-refractivity contribution in [2.45, 2.75) is 56.6 Å². The van der Waals surface area contributed by atoms with Gasteiger partial charge in [0.15, 0.2) is 0 Å². The summed E-state index contributed by atoms with van der Waals surface area (Å²) in [6.45, 7) is 2.14. The van der Waals surface area contributed by atoms with Crippen molar-refractivity contribution >= 4 is 34.9 Å². The zero-order valence-corrected chi connectivity index (χ0v) is 14.8. The van der Waals surface area contributed by atoms with Gasteiger partial charge in [-0.25, -0.2) is 9.69 Å². The Kier molecular flexibility index (Phi) is 3.76. The first kappa shape index (κ1) is 16.4. The minimum Gasteiger partial charge on any atom is -0.389 e. The number of nitrogens with zero attached hydrogens (tertiary/aromatic N) is 2. The van der Waals surface area contributed by atoms with Gasteiger partial charge in [0.05, 0.1) is 11.4 Å². The maximum Gasteiger partial charge on any atom is 0.329 e. The number of oxime groups is 1. The molecule has 0 aromatic heterocycles. The van der Waals surface area contributed by atoms with Gasteiger partial charge in [-0.1, -0.05) is 36.2 Å². The predicted octanol–water partition coefficient (Wildman–Crippen LogP) is 3.63. The third-order valence-corrected chi connectivity index (χ3v) is 5.42. The van der Waals surface area contributed by atoms with Gasteiger partial charge in [-0.15, -0.1) is 0 Å². The molecule has 6 nitrogen and oxygen atoms in total. The van der Waals surface area contributed by atoms with Crippen LogP contribution in [-0.2, 0) is 9.63 Å². The maximum atomic E-state index is 12.9. The largest absolute Gasteiger partial charge is 0.389 e. The van der Waals surface area contributed by atoms with Gasteiger partial charge in [0, 0.05) is 24.3 Å². The first-order valence-corrected chi connectivity index (χ1v) is 9.01. The Morgan fingerprint density at radius 1 is 1.36 bits per heavy atom. The van der Waals surface area contributed by atoms with Gasteiger partial charge < -0.3 is 10.2 Å². The standard InChI is InChI=1S/C18H20ClN3O3/c1-2-3-6-13-9-17(25-21-13)10-18(11-17)15(23)22(16(24)20-18)14-7-4-5-12(19)8-14/h4-5,7-8H,2-3,6,9-11H2,1H3,(H,20,24). The first-order chi connectivity index (χ1) is 12.0. The molecule has 2 aliphatic heterocycles. The number of carbonyl (C=O) groups excluding carboxylic acids is 2. The number of benzene rings is 1. The summed E-state index contributed by atoms with van der Waals surface area (Å²) in [4.78, 5) is 32.2. The number of unbranched alkanes of at least 4 members (excludes halogenated alkanes) is 1. The zero-order chi connectivity index (χ0) is 17.7. The SMILES string of the molecule is CCCCC1=NOC2(C1)CC1(C2)NC(=O)N(c2cccc(Cl)c2)C1=O. The monoisotopic (exact) mass is 361 g/mol. The van der Waals surface area contributed by atoms with Gasteiger partial charge in [-0.05, 0) is 31.0 Å². The highest BCUT2D eigenvalue weighted by atomic mass is 35.5. The van der Waals surface area contributed by atoms with Crippen LogP contribution in [0.3, 0.4) is 0 Å². The third kappa shape index (κ3) is 2.59. The highest BCUT2D eigenvalue weighted by molar-refractivity contribution is 6.31. The van der Waals surface area contributed by atoms with E-state index in [0.717, 1.165) is 31.4 Å². The number of carbonyl (C=O) groups is 2. The van der Waals surface area contributed by atoms with E-state index in [1.165, 1.54) is 4.90 Å². The van der Waals surface area contributed by atoms with E-state index in [-0.39, 0.29) is 5.91 Å². The number of hydrogen-bond acceptors (Lipinski definition) is 4. The van der Waals surface area contributed by atoms with Crippen LogP contribution in [0.5, 0.6) is 0 Å². The number of urea groups is 1. The van der Waals surface area contributed by atoms with Crippen LogP contribution in [0.4, 0.5) is 10.5 Å². The van der Waals surface area contributed by atoms with E-state index in [1.807, 2.05) is 0 Å². The molecule has 2 fully saturated rings. The number of amides is 3. The van der Waals surface area contributed by atoms with Crippen LogP contribution >= 0.6 is 11.6 Å². The number of imide groups is 1. The molecule has 2 heterocycles. The van der Waals surface area contributed by atoms with Crippen LogP contribution in [0.2, 0.25) is 5.02 Å². The summed E-state index contributed by atoms with van der Waals surface area (Å²) in [5.74, 6) is -0.240. The summed E-state index contributed by atoms with van der Waals surface area (Å²) in [6, 6.07) is 6.34. The average molecular weight is 362 g/mol. The lowest BCUT2D eigenvalue weighted by molar-refractivity contribution is -0.150. The van der Waals surface area contributed by atoms with Crippen molar-refractivity contribution in [1.29, 1.82) is 0 Å². The fraction of sp³-hybridized carbons (Fsp3) is 0.500. The Hall–Kier alpha value is -2.08. The zero-order valence-electron chi connectivity index (χ0n) is 14.0. The second-order valence-electron chi connectivity index (χ2n) is 7.20. The van der Waals surface area contributed by atoms with Gasteiger partial charge in [0.2, 0.25) is 0 Å². The van der Waals surface area contributed by atoms with Gasteiger partial charge in [0.1, 0.15) is 11.1 Å². The molecule has 4 rings (SSSR count). The molecule has 1 aromatic carbocycles. The van der Waals surface area contributed by atoms with Crippen LogP contribution in [0.15, 0.2) is 29.4 Å². The molecule has 1 saturated carbocycles. The predicted molar refractivity (Wildman–Crippen MR) is 94.8 cm³/mol. The average Bonchev–Trinajstić information content (AvgIpc) is 3.06. The number of nitrogens with one attached hydrogen (secondary N) is 1. The molecular formula is C18H20ClN3O3. The summed E-state index contributed by atoms with van der Waals surface area (Å²) in [6.07, 6.45) is 4.79. The Bertz CT molecular complexity index is 771. The molecule has 0 bridgehead atoms. The smallest absolute Gasteiger partial charge is 0.329 e. The summed E-state index contributed by atoms with van der Waals surface area (Å²) >= 11 is 5.99. The van der Waals surface area contributed by atoms with E-state index >= 15 is 0 Å². The van der Waals surface area contributed by atoms with Gasteiger partial charge >= 0.3 is 6.03 Å². The molecule has 3 amide bonds. The second-order valence-corrected chi connectivity index (χ2v) is 7.63. The Morgan fingerprint density at radius 3 is 2.88 bits per heavy atom. The van der Waals surface area contributed by atoms with Crippen LogP contribution in [-0.4, -0.2) is 28.8 Å². The topological polar surface area (TPSA) is 71.0 Å². The van der Waals surface area contributed by atoms with Crippen molar-refractivity contribution in [2.75, 3.05) is 4.90 Å². The van der Waals surface area contributed by atoms with Crippen molar-refractivity contribution in [1.82, 2.24) is 5.32 Å². The fourth-order valence-corrected chi connectivity index (χ4v) is 4.24. The van der Waals surface area contributed by atoms with E-state index < -0.39 is 17.2 Å². The van der Waals surface area contributed by atoms with Crippen LogP contribution < -0.4 is 10.2 Å². The van der Waals surface area contributed by atoms with Crippen molar-refractivity contribution in [3.05, 3.63) is 29.3 Å². The van der Waals surface area contributed by atoms with E-state index in [0.29, 0.717) is 23.6 Å². The summed E-state index contributed by atoms with van der Waals surface area (Å²) in [7, 11) is 0. The Labute approximate surface area is 151 Å². The molecule has 132 valence electrons. The van der Waals surface area contributed by atoms with Crippen molar-refractivity contribution in [3.63, 3.8) is 0 Å². The first-order valence-electron chi connectivity index (χ1n) is 8.63. The van der Waals surface area contributed by atoms with Gasteiger partial charge in [-0.3, -0.25) is 4.79 Å². The van der Waals surface area contributed by atoms with E-state index in [1.54, 1.807) is 24.3 Å². The minimum atomic E-state index is -0.880. The molecule has 1 aromatic rings. The van der Waals surface area contributed by atoms with Crippen molar-refractivity contribution in [2.24, 2.45) is 5.16 Å². The molecule has 2 spiro atoms. The lowest BCUT2D eigenvalue weighted by Crippen LogP contribution is -2.65. The highest BCUT2D eigenvalue weighted by Gasteiger charge is 2.68. The highest BCUT2D eigenvalue weighted by Crippen LogP contribution is 2.52. The normalized spacial score (nSPS) is 30.5. The van der Waals surface area contributed by atoms with E-state index in [4.69, 9.17) is 16.4 Å². The quantitative estimate of drug-likeness (QED) is 0.832. The molecule has 7 heteroatoms. The maximum absolute atomic E-state index is 12.9. The lowest BCUT2D eigenvalue weighted by atomic mass is 9.63. The van der Waals surface area contributed by atoms with Crippen LogP contribution in [0.1, 0.15) is 45.4 Å². The molecular weight excluding hydrogens is 342 g/mol. The molecule has 25 heavy (non-hydrogen) atoms. The third-order valence-electron chi connectivity index (χ3n) is 5.19. The molecule has 1 saturated heterocycles. The van der Waals surface area contributed by atoms with E-state index in [9.17, 15) is 9.59 Å². The van der Waals surface area contributed by atoms with Gasteiger partial charge in [-0.2, -0.15) is 0 Å². The number of halogens is 1. The number of hydrogen-bond donors (Lipinski definition) is 1. The molecule has 0 radical (unpaired) electrons. The Morgan fingerprint density at radius 2 is 2.16 bits per heavy atom. The van der Waals surface area contributed by atoms with Gasteiger partial charge in [0.25, 0.3) is 5.91 Å². The van der Waals surface area contributed by atoms with Crippen LogP contribution in [0, 0.1) is 0 Å². The minimum absolute atomic E-state index is 0.240. The van der Waals surface area contributed by atoms with E-state index in [2.05, 4.69) is 17.4 Å². The van der Waals surface area contributed by atoms with Crippen LogP contribution in [0.25, 0.3) is 0 Å². The summed E-state index contributed by atoms with van der Waals surface area (Å²) in [5, 5.41) is 7.54. The second kappa shape index (κ2) is 5.73. The molecule has 3 aliphatic rings. The molecule has 1 N–H and O–H groups in total. The summed E-state index contributed by atoms with van der Waals surface area (Å²) in [5.41, 5.74) is 0.228. The number of rotatable bonds is 4. The molecule has 0 unspecified atom stereocenters. The van der Waals surface area contributed by atoms with Crippen molar-refractivity contribution < 1.29 is 14.4 Å². The number of anilines is 1. The Balaban J connectivity index is 1.47. The molecule has 0 atom stereocenters. The van der Waals surface area contributed by atoms with Crippen molar-refractivity contribution in [3.8, 4) is 0 Å².